The summed E-state index contributed by atoms with van der Waals surface area (Å²) in [7, 11) is 0. The first kappa shape index (κ1) is 23.3. The fourth-order valence-electron chi connectivity index (χ4n) is 3.82. The number of aryl methyl sites for hydroxylation is 2. The number of fused-ring (bicyclic) bond motifs is 3. The number of nitrogens with zero attached hydrogens (tertiary/aromatic N) is 2. The van der Waals surface area contributed by atoms with E-state index in [4.69, 9.17) is 5.73 Å². The van der Waals surface area contributed by atoms with Crippen LogP contribution < -0.4 is 16.6 Å². The molecule has 174 valence electrons. The van der Waals surface area contributed by atoms with Crippen LogP contribution in [0.3, 0.4) is 0 Å². The van der Waals surface area contributed by atoms with E-state index in [-0.39, 0.29) is 10.8 Å². The number of nitrogens with two attached hydrogens (primary N) is 1. The molecule has 1 aliphatic carbocycles. The molecule has 2 heterocycles. The molecule has 1 aromatic carbocycles. The van der Waals surface area contributed by atoms with E-state index in [9.17, 15) is 27.6 Å². The molecular formula is C21H19F3N4O3S2. The third-order valence-electron chi connectivity index (χ3n) is 5.31. The Labute approximate surface area is 194 Å². The highest BCUT2D eigenvalue weighted by atomic mass is 32.2. The quantitative estimate of drug-likeness (QED) is 0.419. The lowest BCUT2D eigenvalue weighted by molar-refractivity contribution is -0.137. The molecule has 0 spiro atoms. The Morgan fingerprint density at radius 1 is 1.24 bits per heavy atom. The van der Waals surface area contributed by atoms with Gasteiger partial charge in [-0.05, 0) is 50.3 Å². The van der Waals surface area contributed by atoms with Crippen LogP contribution in [0.25, 0.3) is 15.9 Å². The van der Waals surface area contributed by atoms with Crippen LogP contribution in [0.2, 0.25) is 0 Å². The third kappa shape index (κ3) is 4.49. The SMILES string of the molecule is C[C@H](Sc1nc2sc3c(c2c(=O)n1-c1ccccc1C(F)(F)F)CCCC3)C(=O)NC(N)=O. The van der Waals surface area contributed by atoms with Crippen molar-refractivity contribution < 1.29 is 22.8 Å². The van der Waals surface area contributed by atoms with Crippen molar-refractivity contribution >= 4 is 45.3 Å². The Balaban J connectivity index is 1.96. The lowest BCUT2D eigenvalue weighted by Gasteiger charge is -2.19. The smallest absolute Gasteiger partial charge is 0.351 e. The second kappa shape index (κ2) is 8.82. The second-order valence-electron chi connectivity index (χ2n) is 7.55. The number of thiophene rings is 1. The van der Waals surface area contributed by atoms with Gasteiger partial charge in [0, 0.05) is 4.88 Å². The minimum atomic E-state index is -4.71. The van der Waals surface area contributed by atoms with Crippen LogP contribution >= 0.6 is 23.1 Å². The zero-order valence-electron chi connectivity index (χ0n) is 17.4. The number of hydrogen-bond acceptors (Lipinski definition) is 6. The number of hydrogen-bond donors (Lipinski definition) is 2. The highest BCUT2D eigenvalue weighted by molar-refractivity contribution is 8.00. The molecule has 0 aliphatic heterocycles. The molecule has 4 rings (SSSR count). The van der Waals surface area contributed by atoms with Crippen LogP contribution in [0, 0.1) is 0 Å². The van der Waals surface area contributed by atoms with Gasteiger partial charge in [-0.15, -0.1) is 11.3 Å². The first-order valence-electron chi connectivity index (χ1n) is 10.1. The van der Waals surface area contributed by atoms with Gasteiger partial charge in [-0.25, -0.2) is 9.78 Å². The topological polar surface area (TPSA) is 107 Å². The Hall–Kier alpha value is -2.86. The zero-order valence-corrected chi connectivity index (χ0v) is 19.0. The van der Waals surface area contributed by atoms with Gasteiger partial charge in [0.25, 0.3) is 5.56 Å². The number of aromatic nitrogens is 2. The third-order valence-corrected chi connectivity index (χ3v) is 7.54. The maximum Gasteiger partial charge on any atom is 0.418 e. The number of nitrogens with one attached hydrogen (secondary N) is 1. The highest BCUT2D eigenvalue weighted by Crippen LogP contribution is 2.38. The average Bonchev–Trinajstić information content (AvgIpc) is 3.11. The Kier molecular flexibility index (Phi) is 6.23. The molecule has 0 unspecified atom stereocenters. The molecule has 0 bridgehead atoms. The summed E-state index contributed by atoms with van der Waals surface area (Å²) in [6.45, 7) is 1.44. The summed E-state index contributed by atoms with van der Waals surface area (Å²) in [6, 6.07) is 3.69. The van der Waals surface area contributed by atoms with Gasteiger partial charge in [0.05, 0.1) is 21.9 Å². The molecular weight excluding hydrogens is 477 g/mol. The highest BCUT2D eigenvalue weighted by Gasteiger charge is 2.35. The average molecular weight is 497 g/mol. The van der Waals surface area contributed by atoms with Crippen molar-refractivity contribution in [3.05, 3.63) is 50.6 Å². The number of amides is 3. The summed E-state index contributed by atoms with van der Waals surface area (Å²) in [5.74, 6) is -0.747. The van der Waals surface area contributed by atoms with E-state index < -0.39 is 34.5 Å². The minimum absolute atomic E-state index is 0.0742. The van der Waals surface area contributed by atoms with Gasteiger partial charge >= 0.3 is 12.2 Å². The fourth-order valence-corrected chi connectivity index (χ4v) is 6.04. The molecule has 0 radical (unpaired) electrons. The van der Waals surface area contributed by atoms with E-state index in [1.54, 1.807) is 0 Å². The summed E-state index contributed by atoms with van der Waals surface area (Å²) in [6.07, 6.45) is -1.41. The molecule has 1 aliphatic rings. The van der Waals surface area contributed by atoms with Crippen molar-refractivity contribution in [2.75, 3.05) is 0 Å². The van der Waals surface area contributed by atoms with Crippen molar-refractivity contribution in [2.24, 2.45) is 5.73 Å². The van der Waals surface area contributed by atoms with Crippen LogP contribution in [0.4, 0.5) is 18.0 Å². The van der Waals surface area contributed by atoms with E-state index in [1.165, 1.54) is 36.5 Å². The molecule has 3 amide bonds. The molecule has 3 aromatic rings. The van der Waals surface area contributed by atoms with Gasteiger partial charge < -0.3 is 5.73 Å². The van der Waals surface area contributed by atoms with Gasteiger partial charge in [0.2, 0.25) is 5.91 Å². The molecule has 33 heavy (non-hydrogen) atoms. The van der Waals surface area contributed by atoms with Crippen LogP contribution in [0.15, 0.2) is 34.2 Å². The molecule has 0 fully saturated rings. The Morgan fingerprint density at radius 3 is 2.64 bits per heavy atom. The molecule has 0 saturated heterocycles. The summed E-state index contributed by atoms with van der Waals surface area (Å²) in [5, 5.41) is 1.23. The van der Waals surface area contributed by atoms with Gasteiger partial charge in [0.1, 0.15) is 4.83 Å². The first-order chi connectivity index (χ1) is 15.6. The number of rotatable bonds is 4. The number of thioether (sulfide) groups is 1. The van der Waals surface area contributed by atoms with Crippen molar-refractivity contribution in [3.63, 3.8) is 0 Å². The van der Waals surface area contributed by atoms with Crippen LogP contribution in [0.1, 0.15) is 35.8 Å². The number of carbonyl (C=O) groups excluding carboxylic acids is 2. The summed E-state index contributed by atoms with van der Waals surface area (Å²) < 4.78 is 42.3. The van der Waals surface area contributed by atoms with Gasteiger partial charge in [-0.2, -0.15) is 13.2 Å². The summed E-state index contributed by atoms with van der Waals surface area (Å²) in [5.41, 5.74) is 3.86. The number of halogens is 3. The number of benzene rings is 1. The normalized spacial score (nSPS) is 14.7. The van der Waals surface area contributed by atoms with E-state index in [0.29, 0.717) is 16.6 Å². The number of primary amides is 1. The van der Waals surface area contributed by atoms with Crippen LogP contribution in [0.5, 0.6) is 0 Å². The number of para-hydroxylation sites is 1. The van der Waals surface area contributed by atoms with Crippen molar-refractivity contribution in [1.29, 1.82) is 0 Å². The number of alkyl halides is 3. The Bertz CT molecular complexity index is 1320. The lowest BCUT2D eigenvalue weighted by atomic mass is 9.97. The number of urea groups is 1. The van der Waals surface area contributed by atoms with Gasteiger partial charge in [-0.1, -0.05) is 23.9 Å². The standard InChI is InChI=1S/C21H19F3N4O3S2/c1-10(16(29)26-19(25)31)32-20-27-17-15(11-6-2-5-9-14(11)33-17)18(30)28(20)13-8-4-3-7-12(13)21(22,23)24/h3-4,7-8,10H,2,5-6,9H2,1H3,(H3,25,26,29,31)/t10-/m0/s1. The fraction of sp³-hybridized carbons (Fsp3) is 0.333. The van der Waals surface area contributed by atoms with E-state index in [1.807, 2.05) is 5.32 Å². The molecule has 3 N–H and O–H groups in total. The van der Waals surface area contributed by atoms with E-state index >= 15 is 0 Å². The van der Waals surface area contributed by atoms with Crippen molar-refractivity contribution in [1.82, 2.24) is 14.9 Å². The molecule has 1 atom stereocenters. The van der Waals surface area contributed by atoms with E-state index in [0.717, 1.165) is 52.1 Å². The van der Waals surface area contributed by atoms with Crippen LogP contribution in [-0.2, 0) is 23.8 Å². The van der Waals surface area contributed by atoms with E-state index in [2.05, 4.69) is 4.98 Å². The van der Waals surface area contributed by atoms with Crippen molar-refractivity contribution in [3.8, 4) is 5.69 Å². The largest absolute Gasteiger partial charge is 0.418 e. The summed E-state index contributed by atoms with van der Waals surface area (Å²) in [4.78, 5) is 42.9. The molecule has 2 aromatic heterocycles. The minimum Gasteiger partial charge on any atom is -0.351 e. The lowest BCUT2D eigenvalue weighted by Crippen LogP contribution is -2.39. The Morgan fingerprint density at radius 2 is 1.94 bits per heavy atom. The second-order valence-corrected chi connectivity index (χ2v) is 9.95. The number of imide groups is 1. The van der Waals surface area contributed by atoms with Gasteiger partial charge in [0.15, 0.2) is 5.16 Å². The monoisotopic (exact) mass is 496 g/mol. The van der Waals surface area contributed by atoms with Crippen molar-refractivity contribution in [2.45, 2.75) is 49.2 Å². The predicted molar refractivity (Wildman–Crippen MR) is 120 cm³/mol. The molecule has 0 saturated carbocycles. The molecule has 7 nitrogen and oxygen atoms in total. The van der Waals surface area contributed by atoms with Crippen LogP contribution in [-0.4, -0.2) is 26.7 Å². The maximum absolute atomic E-state index is 13.8. The number of carbonyl (C=O) groups is 2. The zero-order chi connectivity index (χ0) is 23.9. The van der Waals surface area contributed by atoms with Gasteiger partial charge in [-0.3, -0.25) is 19.5 Å². The summed E-state index contributed by atoms with van der Waals surface area (Å²) >= 11 is 2.13. The maximum atomic E-state index is 13.8. The predicted octanol–water partition coefficient (Wildman–Crippen LogP) is 4.02. The molecule has 12 heteroatoms. The first-order valence-corrected chi connectivity index (χ1v) is 11.8.